The Balaban J connectivity index is 0.000000595. The van der Waals surface area contributed by atoms with Gasteiger partial charge in [-0.1, -0.05) is 0 Å². The minimum absolute atomic E-state index is 0.250. The summed E-state index contributed by atoms with van der Waals surface area (Å²) in [5.74, 6) is 1.40. The van der Waals surface area contributed by atoms with Crippen LogP contribution in [-0.4, -0.2) is 62.3 Å². The first-order valence-electron chi connectivity index (χ1n) is 8.72. The highest BCUT2D eigenvalue weighted by atomic mass is 16.5. The molecule has 0 aromatic heterocycles. The van der Waals surface area contributed by atoms with Crippen molar-refractivity contribution < 1.29 is 19.4 Å². The molecule has 3 aliphatic rings. The van der Waals surface area contributed by atoms with Crippen LogP contribution < -0.4 is 5.32 Å². The minimum Gasteiger partial charge on any atom is -0.483 e. The van der Waals surface area contributed by atoms with Gasteiger partial charge in [-0.2, -0.15) is 0 Å². The van der Waals surface area contributed by atoms with Gasteiger partial charge in [0.1, 0.15) is 0 Å². The number of rotatable bonds is 7. The molecule has 132 valence electrons. The van der Waals surface area contributed by atoms with E-state index in [1.807, 2.05) is 0 Å². The van der Waals surface area contributed by atoms with Crippen LogP contribution in [0.3, 0.4) is 0 Å². The van der Waals surface area contributed by atoms with Gasteiger partial charge in [0.2, 0.25) is 5.91 Å². The number of hydrogen-bond donors (Lipinski definition) is 2. The molecule has 6 nitrogen and oxygen atoms in total. The molecule has 1 atom stereocenters. The van der Waals surface area contributed by atoms with Gasteiger partial charge in [-0.05, 0) is 62.9 Å². The topological polar surface area (TPSA) is 78.9 Å². The predicted octanol–water partition coefficient (Wildman–Crippen LogP) is 1.35. The lowest BCUT2D eigenvalue weighted by atomic mass is 9.96. The fourth-order valence-corrected chi connectivity index (χ4v) is 3.65. The fourth-order valence-electron chi connectivity index (χ4n) is 3.65. The summed E-state index contributed by atoms with van der Waals surface area (Å²) >= 11 is 0. The van der Waals surface area contributed by atoms with Gasteiger partial charge >= 0.3 is 0 Å². The highest BCUT2D eigenvalue weighted by Gasteiger charge is 2.65. The number of likely N-dealkylation sites (tertiary alicyclic amines) is 1. The van der Waals surface area contributed by atoms with Crippen molar-refractivity contribution in [2.24, 2.45) is 17.3 Å². The summed E-state index contributed by atoms with van der Waals surface area (Å²) in [5, 5.41) is 10.1. The van der Waals surface area contributed by atoms with Crippen molar-refractivity contribution in [3.8, 4) is 0 Å². The lowest BCUT2D eigenvalue weighted by molar-refractivity contribution is -0.123. The van der Waals surface area contributed by atoms with E-state index < -0.39 is 0 Å². The van der Waals surface area contributed by atoms with E-state index in [-0.39, 0.29) is 6.47 Å². The van der Waals surface area contributed by atoms with E-state index in [0.29, 0.717) is 23.2 Å². The summed E-state index contributed by atoms with van der Waals surface area (Å²) in [7, 11) is 1.76. The zero-order chi connectivity index (χ0) is 16.7. The Hall–Kier alpha value is -1.14. The maximum absolute atomic E-state index is 12.0. The van der Waals surface area contributed by atoms with E-state index in [0.717, 1.165) is 32.5 Å². The number of carboxylic acid groups (broad SMARTS) is 1. The Labute approximate surface area is 138 Å². The van der Waals surface area contributed by atoms with Crippen molar-refractivity contribution in [3.05, 3.63) is 0 Å². The van der Waals surface area contributed by atoms with Crippen LogP contribution in [0.1, 0.15) is 38.5 Å². The number of piperidine rings is 1. The number of nitrogens with one attached hydrogen (secondary N) is 1. The molecular weight excluding hydrogens is 296 g/mol. The molecular formula is C17H30N2O4. The van der Waals surface area contributed by atoms with E-state index in [9.17, 15) is 4.79 Å². The third kappa shape index (κ3) is 5.46. The zero-order valence-electron chi connectivity index (χ0n) is 14.1. The Morgan fingerprint density at radius 3 is 2.57 bits per heavy atom. The lowest BCUT2D eigenvalue weighted by Gasteiger charge is -2.32. The molecule has 1 heterocycles. The number of amides is 1. The van der Waals surface area contributed by atoms with Crippen LogP contribution in [0.2, 0.25) is 0 Å². The maximum Gasteiger partial charge on any atom is 0.290 e. The molecule has 0 aromatic carbocycles. The van der Waals surface area contributed by atoms with E-state index >= 15 is 0 Å². The van der Waals surface area contributed by atoms with Crippen LogP contribution in [0.25, 0.3) is 0 Å². The largest absolute Gasteiger partial charge is 0.483 e. The molecule has 3 fully saturated rings. The third-order valence-corrected chi connectivity index (χ3v) is 5.49. The Morgan fingerprint density at radius 1 is 1.39 bits per heavy atom. The monoisotopic (exact) mass is 326 g/mol. The Kier molecular flexibility index (Phi) is 6.84. The van der Waals surface area contributed by atoms with E-state index in [1.54, 1.807) is 7.11 Å². The summed E-state index contributed by atoms with van der Waals surface area (Å²) in [6.07, 6.45) is 7.33. The molecule has 3 rings (SSSR count). The summed E-state index contributed by atoms with van der Waals surface area (Å²) in [6, 6.07) is 0. The molecule has 0 bridgehead atoms. The van der Waals surface area contributed by atoms with Crippen molar-refractivity contribution in [1.82, 2.24) is 10.2 Å². The maximum atomic E-state index is 12.0. The van der Waals surface area contributed by atoms with Crippen LogP contribution >= 0.6 is 0 Å². The van der Waals surface area contributed by atoms with Crippen molar-refractivity contribution in [2.75, 3.05) is 39.9 Å². The van der Waals surface area contributed by atoms with E-state index in [1.165, 1.54) is 38.8 Å². The smallest absolute Gasteiger partial charge is 0.290 e. The molecule has 1 amide bonds. The van der Waals surface area contributed by atoms with E-state index in [2.05, 4.69) is 10.2 Å². The molecule has 6 heteroatoms. The number of nitrogens with zero attached hydrogens (tertiary/aromatic N) is 1. The minimum atomic E-state index is -0.250. The van der Waals surface area contributed by atoms with Crippen molar-refractivity contribution >= 4 is 12.4 Å². The standard InChI is InChI=1S/C16H28N2O2.CH2O2/c1-20-10-2-7-18-8-3-13(4-9-18)12-17-15(19)14-11-16(14)5-6-16;2-1-3/h13-14H,2-12H2,1H3,(H,17,19);1H,(H,2,3). The summed E-state index contributed by atoms with van der Waals surface area (Å²) in [5.41, 5.74) is 0.495. The SMILES string of the molecule is COCCCN1CCC(CNC(=O)C2CC23CC3)CC1.O=CO. The molecule has 23 heavy (non-hydrogen) atoms. The van der Waals surface area contributed by atoms with Crippen LogP contribution in [0.15, 0.2) is 0 Å². The highest BCUT2D eigenvalue weighted by Crippen LogP contribution is 2.70. The average Bonchev–Trinajstić information content (AvgIpc) is 3.47. The van der Waals surface area contributed by atoms with Gasteiger partial charge in [0.25, 0.3) is 6.47 Å². The number of hydrogen-bond acceptors (Lipinski definition) is 4. The highest BCUT2D eigenvalue weighted by molar-refractivity contribution is 5.83. The molecule has 0 radical (unpaired) electrons. The first-order valence-corrected chi connectivity index (χ1v) is 8.72. The predicted molar refractivity (Wildman–Crippen MR) is 87.1 cm³/mol. The Bertz CT molecular complexity index is 390. The summed E-state index contributed by atoms with van der Waals surface area (Å²) in [4.78, 5) is 22.9. The lowest BCUT2D eigenvalue weighted by Crippen LogP contribution is -2.39. The number of methoxy groups -OCH3 is 1. The zero-order valence-corrected chi connectivity index (χ0v) is 14.1. The normalized spacial score (nSPS) is 25.3. The van der Waals surface area contributed by atoms with Gasteiger partial charge in [-0.3, -0.25) is 9.59 Å². The number of carbonyl (C=O) groups is 2. The third-order valence-electron chi connectivity index (χ3n) is 5.49. The van der Waals surface area contributed by atoms with Gasteiger partial charge < -0.3 is 20.1 Å². The molecule has 2 N–H and O–H groups in total. The molecule has 2 aliphatic carbocycles. The van der Waals surface area contributed by atoms with Crippen LogP contribution in [0.5, 0.6) is 0 Å². The second kappa shape index (κ2) is 8.64. The Morgan fingerprint density at radius 2 is 2.04 bits per heavy atom. The van der Waals surface area contributed by atoms with Gasteiger partial charge in [-0.25, -0.2) is 0 Å². The molecule has 1 aliphatic heterocycles. The molecule has 1 unspecified atom stereocenters. The number of carbonyl (C=O) groups excluding carboxylic acids is 1. The fraction of sp³-hybridized carbons (Fsp3) is 0.882. The molecule has 1 saturated heterocycles. The summed E-state index contributed by atoms with van der Waals surface area (Å²) < 4.78 is 5.09. The first kappa shape index (κ1) is 18.2. The second-order valence-corrected chi connectivity index (χ2v) is 7.10. The van der Waals surface area contributed by atoms with Gasteiger partial charge in [0, 0.05) is 32.7 Å². The second-order valence-electron chi connectivity index (χ2n) is 7.10. The van der Waals surface area contributed by atoms with Gasteiger partial charge in [-0.15, -0.1) is 0 Å². The van der Waals surface area contributed by atoms with Crippen molar-refractivity contribution in [2.45, 2.75) is 38.5 Å². The van der Waals surface area contributed by atoms with Gasteiger partial charge in [0.05, 0.1) is 0 Å². The van der Waals surface area contributed by atoms with Crippen molar-refractivity contribution in [1.29, 1.82) is 0 Å². The van der Waals surface area contributed by atoms with E-state index in [4.69, 9.17) is 14.6 Å². The van der Waals surface area contributed by atoms with Crippen LogP contribution in [0, 0.1) is 17.3 Å². The van der Waals surface area contributed by atoms with Crippen LogP contribution in [0.4, 0.5) is 0 Å². The molecule has 0 aromatic rings. The van der Waals surface area contributed by atoms with Gasteiger partial charge in [0.15, 0.2) is 0 Å². The van der Waals surface area contributed by atoms with Crippen LogP contribution in [-0.2, 0) is 14.3 Å². The molecule has 2 saturated carbocycles. The molecule has 1 spiro atoms. The average molecular weight is 326 g/mol. The van der Waals surface area contributed by atoms with Crippen molar-refractivity contribution in [3.63, 3.8) is 0 Å². The summed E-state index contributed by atoms with van der Waals surface area (Å²) in [6.45, 7) is 5.02. The number of ether oxygens (including phenoxy) is 1. The first-order chi connectivity index (χ1) is 11.1. The quantitative estimate of drug-likeness (QED) is 0.545.